The molecule has 0 saturated heterocycles. The zero-order valence-electron chi connectivity index (χ0n) is 11.3. The van der Waals surface area contributed by atoms with Crippen LogP contribution < -0.4 is 10.5 Å². The summed E-state index contributed by atoms with van der Waals surface area (Å²) < 4.78 is 10.5. The molecule has 0 spiro atoms. The van der Waals surface area contributed by atoms with E-state index in [1.807, 2.05) is 31.2 Å². The number of aromatic amines is 1. The summed E-state index contributed by atoms with van der Waals surface area (Å²) in [7, 11) is 1.65. The van der Waals surface area contributed by atoms with Gasteiger partial charge in [0.05, 0.1) is 18.8 Å². The molecule has 0 saturated carbocycles. The smallest absolute Gasteiger partial charge is 0.120 e. The van der Waals surface area contributed by atoms with Crippen molar-refractivity contribution >= 4 is 0 Å². The summed E-state index contributed by atoms with van der Waals surface area (Å²) in [5.41, 5.74) is 8.58. The largest absolute Gasteiger partial charge is 0.491 e. The fourth-order valence-electron chi connectivity index (χ4n) is 1.85. The number of rotatable bonds is 6. The number of methoxy groups -OCH3 is 1. The Morgan fingerprint density at radius 2 is 1.95 bits per heavy atom. The van der Waals surface area contributed by atoms with Gasteiger partial charge in [0.1, 0.15) is 18.2 Å². The molecule has 0 unspecified atom stereocenters. The molecule has 0 amide bonds. The maximum absolute atomic E-state index is 5.58. The van der Waals surface area contributed by atoms with Crippen LogP contribution in [0.3, 0.4) is 0 Å². The second kappa shape index (κ2) is 6.36. The summed E-state index contributed by atoms with van der Waals surface area (Å²) in [5.74, 6) is 1.63. The van der Waals surface area contributed by atoms with Crippen molar-refractivity contribution in [2.75, 3.05) is 20.3 Å². The van der Waals surface area contributed by atoms with Gasteiger partial charge in [-0.25, -0.2) is 4.98 Å². The molecule has 2 aromatic rings. The van der Waals surface area contributed by atoms with Crippen LogP contribution in [-0.4, -0.2) is 30.3 Å². The minimum atomic E-state index is 0.416. The van der Waals surface area contributed by atoms with Crippen molar-refractivity contribution < 1.29 is 9.47 Å². The highest BCUT2D eigenvalue weighted by molar-refractivity contribution is 5.62. The number of H-pyrrole nitrogens is 1. The summed E-state index contributed by atoms with van der Waals surface area (Å²) in [6, 6.07) is 7.85. The number of nitrogens with zero attached hydrogens (tertiary/aromatic N) is 1. The van der Waals surface area contributed by atoms with Crippen molar-refractivity contribution in [3.8, 4) is 17.0 Å². The molecular weight excluding hydrogens is 242 g/mol. The molecule has 0 aliphatic heterocycles. The summed E-state index contributed by atoms with van der Waals surface area (Å²) in [5, 5.41) is 0. The van der Waals surface area contributed by atoms with Gasteiger partial charge in [0.15, 0.2) is 0 Å². The Bertz CT molecular complexity index is 520. The van der Waals surface area contributed by atoms with Crippen LogP contribution in [0.25, 0.3) is 11.3 Å². The summed E-state index contributed by atoms with van der Waals surface area (Å²) in [6.07, 6.45) is 0. The summed E-state index contributed by atoms with van der Waals surface area (Å²) in [6.45, 7) is 3.54. The van der Waals surface area contributed by atoms with E-state index >= 15 is 0 Å². The zero-order valence-corrected chi connectivity index (χ0v) is 11.3. The maximum atomic E-state index is 5.58. The van der Waals surface area contributed by atoms with E-state index in [2.05, 4.69) is 9.97 Å². The first-order chi connectivity index (χ1) is 9.24. The first-order valence-electron chi connectivity index (χ1n) is 6.22. The molecule has 0 aliphatic carbocycles. The van der Waals surface area contributed by atoms with Crippen molar-refractivity contribution in [3.05, 3.63) is 35.8 Å². The number of benzene rings is 1. The second-order valence-corrected chi connectivity index (χ2v) is 4.23. The van der Waals surface area contributed by atoms with Gasteiger partial charge in [0.25, 0.3) is 0 Å². The van der Waals surface area contributed by atoms with Gasteiger partial charge in [0, 0.05) is 18.4 Å². The number of ether oxygens (including phenoxy) is 2. The second-order valence-electron chi connectivity index (χ2n) is 4.23. The molecule has 2 rings (SSSR count). The third-order valence-electron chi connectivity index (χ3n) is 2.81. The van der Waals surface area contributed by atoms with Crippen LogP contribution in [-0.2, 0) is 11.3 Å². The van der Waals surface area contributed by atoms with E-state index < -0.39 is 0 Å². The van der Waals surface area contributed by atoms with E-state index in [1.54, 1.807) is 7.11 Å². The van der Waals surface area contributed by atoms with E-state index in [4.69, 9.17) is 15.2 Å². The average Bonchev–Trinajstić information content (AvgIpc) is 2.81. The van der Waals surface area contributed by atoms with Gasteiger partial charge >= 0.3 is 0 Å². The van der Waals surface area contributed by atoms with Crippen LogP contribution >= 0.6 is 0 Å². The average molecular weight is 261 g/mol. The number of imidazole rings is 1. The quantitative estimate of drug-likeness (QED) is 0.779. The number of nitrogens with two attached hydrogens (primary N) is 1. The molecule has 1 heterocycles. The molecule has 0 radical (unpaired) electrons. The van der Waals surface area contributed by atoms with Crippen molar-refractivity contribution in [2.45, 2.75) is 13.5 Å². The standard InChI is InChI=1S/C14H19N3O2/c1-10-14(17-13(9-15)16-10)11-3-5-12(6-4-11)19-8-7-18-2/h3-6H,7-9,15H2,1-2H3,(H,16,17). The molecule has 19 heavy (non-hydrogen) atoms. The van der Waals surface area contributed by atoms with Gasteiger partial charge in [-0.15, -0.1) is 0 Å². The van der Waals surface area contributed by atoms with E-state index in [1.165, 1.54) is 0 Å². The van der Waals surface area contributed by atoms with E-state index in [0.29, 0.717) is 19.8 Å². The van der Waals surface area contributed by atoms with Gasteiger partial charge in [0.2, 0.25) is 0 Å². The molecule has 0 bridgehead atoms. The Morgan fingerprint density at radius 1 is 1.21 bits per heavy atom. The molecule has 102 valence electrons. The molecule has 0 atom stereocenters. The Balaban J connectivity index is 2.10. The van der Waals surface area contributed by atoms with E-state index in [0.717, 1.165) is 28.5 Å². The fourth-order valence-corrected chi connectivity index (χ4v) is 1.85. The van der Waals surface area contributed by atoms with Crippen LogP contribution in [0, 0.1) is 6.92 Å². The van der Waals surface area contributed by atoms with Gasteiger partial charge in [-0.3, -0.25) is 0 Å². The minimum absolute atomic E-state index is 0.416. The molecule has 5 heteroatoms. The molecule has 1 aromatic carbocycles. The molecule has 3 N–H and O–H groups in total. The van der Waals surface area contributed by atoms with E-state index in [-0.39, 0.29) is 0 Å². The third-order valence-corrected chi connectivity index (χ3v) is 2.81. The van der Waals surface area contributed by atoms with Crippen molar-refractivity contribution in [2.24, 2.45) is 5.73 Å². The molecule has 0 aliphatic rings. The van der Waals surface area contributed by atoms with Crippen LogP contribution in [0.2, 0.25) is 0 Å². The number of nitrogens with one attached hydrogen (secondary N) is 1. The Labute approximate surface area is 112 Å². The van der Waals surface area contributed by atoms with Gasteiger partial charge in [-0.1, -0.05) is 0 Å². The molecule has 5 nitrogen and oxygen atoms in total. The minimum Gasteiger partial charge on any atom is -0.491 e. The van der Waals surface area contributed by atoms with Gasteiger partial charge in [-0.05, 0) is 31.2 Å². The van der Waals surface area contributed by atoms with Crippen molar-refractivity contribution in [1.82, 2.24) is 9.97 Å². The van der Waals surface area contributed by atoms with Gasteiger partial charge in [-0.2, -0.15) is 0 Å². The highest BCUT2D eigenvalue weighted by Crippen LogP contribution is 2.23. The van der Waals surface area contributed by atoms with Crippen molar-refractivity contribution in [1.29, 1.82) is 0 Å². The van der Waals surface area contributed by atoms with E-state index in [9.17, 15) is 0 Å². The zero-order chi connectivity index (χ0) is 13.7. The Kier molecular flexibility index (Phi) is 4.54. The first-order valence-corrected chi connectivity index (χ1v) is 6.22. The third kappa shape index (κ3) is 3.33. The van der Waals surface area contributed by atoms with Crippen LogP contribution in [0.15, 0.2) is 24.3 Å². The lowest BCUT2D eigenvalue weighted by atomic mass is 10.1. The number of aromatic nitrogens is 2. The van der Waals surface area contributed by atoms with Gasteiger partial charge < -0.3 is 20.2 Å². The lowest BCUT2D eigenvalue weighted by Gasteiger charge is -2.06. The first kappa shape index (κ1) is 13.6. The topological polar surface area (TPSA) is 73.2 Å². The van der Waals surface area contributed by atoms with Crippen LogP contribution in [0.1, 0.15) is 11.5 Å². The normalized spacial score (nSPS) is 10.7. The maximum Gasteiger partial charge on any atom is 0.120 e. The fraction of sp³-hybridized carbons (Fsp3) is 0.357. The Morgan fingerprint density at radius 3 is 2.53 bits per heavy atom. The number of hydrogen-bond acceptors (Lipinski definition) is 4. The predicted molar refractivity (Wildman–Crippen MR) is 74.0 cm³/mol. The lowest BCUT2D eigenvalue weighted by molar-refractivity contribution is 0.146. The number of hydrogen-bond donors (Lipinski definition) is 2. The molecular formula is C14H19N3O2. The monoisotopic (exact) mass is 261 g/mol. The molecule has 0 fully saturated rings. The Hall–Kier alpha value is -1.85. The van der Waals surface area contributed by atoms with Crippen molar-refractivity contribution in [3.63, 3.8) is 0 Å². The molecule has 1 aromatic heterocycles. The highest BCUT2D eigenvalue weighted by atomic mass is 16.5. The summed E-state index contributed by atoms with van der Waals surface area (Å²) >= 11 is 0. The van der Waals surface area contributed by atoms with Crippen LogP contribution in [0.5, 0.6) is 5.75 Å². The SMILES string of the molecule is COCCOc1ccc(-c2nc(CN)[nH]c2C)cc1. The summed E-state index contributed by atoms with van der Waals surface area (Å²) in [4.78, 5) is 7.63. The highest BCUT2D eigenvalue weighted by Gasteiger charge is 2.08. The predicted octanol–water partition coefficient (Wildman–Crippen LogP) is 1.87. The lowest BCUT2D eigenvalue weighted by Crippen LogP contribution is -2.03. The van der Waals surface area contributed by atoms with Crippen LogP contribution in [0.4, 0.5) is 0 Å². The number of aryl methyl sites for hydroxylation is 1.